The predicted octanol–water partition coefficient (Wildman–Crippen LogP) is 2.74. The average molecular weight is 198 g/mol. The van der Waals surface area contributed by atoms with Gasteiger partial charge in [-0.25, -0.2) is 4.79 Å². The van der Waals surface area contributed by atoms with Gasteiger partial charge in [0.05, 0.1) is 12.9 Å². The monoisotopic (exact) mass is 198 g/mol. The maximum atomic E-state index is 10.4. The Morgan fingerprint density at radius 3 is 2.71 bits per heavy atom. The van der Waals surface area contributed by atoms with Crippen LogP contribution in [0.4, 0.5) is 0 Å². The van der Waals surface area contributed by atoms with Crippen LogP contribution in [0.1, 0.15) is 32.6 Å². The van der Waals surface area contributed by atoms with Gasteiger partial charge in [0.25, 0.3) is 0 Å². The van der Waals surface area contributed by atoms with Crippen LogP contribution in [0.2, 0.25) is 0 Å². The molecule has 3 heteroatoms. The molecule has 0 aromatic carbocycles. The van der Waals surface area contributed by atoms with Crippen molar-refractivity contribution in [3.05, 3.63) is 24.5 Å². The first-order chi connectivity index (χ1) is 6.68. The van der Waals surface area contributed by atoms with Crippen molar-refractivity contribution in [1.82, 2.24) is 0 Å². The molecule has 0 amide bonds. The number of carbonyl (C=O) groups is 1. The van der Waals surface area contributed by atoms with Crippen LogP contribution >= 0.6 is 0 Å². The summed E-state index contributed by atoms with van der Waals surface area (Å²) in [4.78, 5) is 10.4. The van der Waals surface area contributed by atoms with Crippen molar-refractivity contribution in [1.29, 1.82) is 0 Å². The molecule has 0 atom stereocenters. The molecular weight excluding hydrogens is 180 g/mol. The Bertz CT molecular complexity index is 207. The average Bonchev–Trinajstić information content (AvgIpc) is 2.16. The van der Waals surface area contributed by atoms with Gasteiger partial charge in [0.1, 0.15) is 0 Å². The van der Waals surface area contributed by atoms with Gasteiger partial charge in [-0.1, -0.05) is 12.7 Å². The van der Waals surface area contributed by atoms with Crippen LogP contribution in [0.15, 0.2) is 24.5 Å². The molecule has 0 aliphatic heterocycles. The maximum Gasteiger partial charge on any atom is 0.330 e. The molecule has 0 aliphatic carbocycles. The Balaban J connectivity index is 3.33. The Labute approximate surface area is 85.1 Å². The van der Waals surface area contributed by atoms with Crippen molar-refractivity contribution in [3.8, 4) is 0 Å². The second-order valence-electron chi connectivity index (χ2n) is 3.08. The first-order valence-corrected chi connectivity index (χ1v) is 4.81. The van der Waals surface area contributed by atoms with Crippen LogP contribution in [0.25, 0.3) is 0 Å². The smallest absolute Gasteiger partial charge is 0.330 e. The zero-order valence-corrected chi connectivity index (χ0v) is 8.66. The summed E-state index contributed by atoms with van der Waals surface area (Å²) in [5.41, 5.74) is 0.423. The highest BCUT2D eigenvalue weighted by Crippen LogP contribution is 2.04. The molecule has 0 fully saturated rings. The van der Waals surface area contributed by atoms with Gasteiger partial charge in [-0.15, -0.1) is 0 Å². The number of aliphatic carboxylic acids is 1. The molecule has 0 saturated heterocycles. The fraction of sp³-hybridized carbons (Fsp3) is 0.545. The molecule has 0 saturated carbocycles. The standard InChI is InChI=1S/C11H18O3/c1-3-14-9-7-5-4-6-8-10(2)11(12)13/h3,8H,1,4-7,9H2,2H3,(H,12,13). The number of allylic oxidation sites excluding steroid dienone is 1. The van der Waals surface area contributed by atoms with E-state index in [9.17, 15) is 4.79 Å². The molecule has 0 aromatic rings. The third kappa shape index (κ3) is 7.40. The third-order valence-corrected chi connectivity index (χ3v) is 1.87. The summed E-state index contributed by atoms with van der Waals surface area (Å²) in [5, 5.41) is 8.56. The minimum Gasteiger partial charge on any atom is -0.502 e. The van der Waals surface area contributed by atoms with E-state index in [0.717, 1.165) is 25.7 Å². The van der Waals surface area contributed by atoms with Crippen molar-refractivity contribution >= 4 is 5.97 Å². The van der Waals surface area contributed by atoms with E-state index in [1.54, 1.807) is 13.0 Å². The molecule has 0 spiro atoms. The van der Waals surface area contributed by atoms with E-state index in [1.165, 1.54) is 6.26 Å². The first kappa shape index (κ1) is 12.8. The Morgan fingerprint density at radius 1 is 1.43 bits per heavy atom. The molecule has 0 rings (SSSR count). The summed E-state index contributed by atoms with van der Waals surface area (Å²) >= 11 is 0. The molecular formula is C11H18O3. The number of unbranched alkanes of at least 4 members (excludes halogenated alkanes) is 3. The van der Waals surface area contributed by atoms with Crippen LogP contribution < -0.4 is 0 Å². The second-order valence-corrected chi connectivity index (χ2v) is 3.08. The van der Waals surface area contributed by atoms with E-state index in [-0.39, 0.29) is 0 Å². The van der Waals surface area contributed by atoms with Crippen LogP contribution in [-0.4, -0.2) is 17.7 Å². The topological polar surface area (TPSA) is 46.5 Å². The number of hydrogen-bond acceptors (Lipinski definition) is 2. The van der Waals surface area contributed by atoms with E-state index >= 15 is 0 Å². The largest absolute Gasteiger partial charge is 0.502 e. The van der Waals surface area contributed by atoms with Gasteiger partial charge >= 0.3 is 5.97 Å². The van der Waals surface area contributed by atoms with E-state index in [2.05, 4.69) is 6.58 Å². The van der Waals surface area contributed by atoms with Crippen molar-refractivity contribution < 1.29 is 14.6 Å². The Kier molecular flexibility index (Phi) is 7.61. The lowest BCUT2D eigenvalue weighted by Crippen LogP contribution is -1.95. The highest BCUT2D eigenvalue weighted by molar-refractivity contribution is 5.85. The van der Waals surface area contributed by atoms with E-state index in [1.807, 2.05) is 0 Å². The second kappa shape index (κ2) is 8.35. The van der Waals surface area contributed by atoms with Gasteiger partial charge in [0.15, 0.2) is 0 Å². The Morgan fingerprint density at radius 2 is 2.14 bits per heavy atom. The SMILES string of the molecule is C=COCCCCCC=C(C)C(=O)O. The van der Waals surface area contributed by atoms with Gasteiger partial charge in [-0.2, -0.15) is 0 Å². The van der Waals surface area contributed by atoms with Gasteiger partial charge in [0, 0.05) is 5.57 Å². The summed E-state index contributed by atoms with van der Waals surface area (Å²) < 4.78 is 4.95. The molecule has 3 nitrogen and oxygen atoms in total. The third-order valence-electron chi connectivity index (χ3n) is 1.87. The van der Waals surface area contributed by atoms with Crippen molar-refractivity contribution in [3.63, 3.8) is 0 Å². The van der Waals surface area contributed by atoms with Crippen LogP contribution in [0.3, 0.4) is 0 Å². The number of ether oxygens (including phenoxy) is 1. The minimum absolute atomic E-state index is 0.423. The lowest BCUT2D eigenvalue weighted by Gasteiger charge is -1.99. The molecule has 14 heavy (non-hydrogen) atoms. The van der Waals surface area contributed by atoms with Crippen molar-refractivity contribution in [2.75, 3.05) is 6.61 Å². The highest BCUT2D eigenvalue weighted by atomic mass is 16.5. The summed E-state index contributed by atoms with van der Waals surface area (Å²) in [6, 6.07) is 0. The number of rotatable bonds is 8. The minimum atomic E-state index is -0.833. The summed E-state index contributed by atoms with van der Waals surface area (Å²) in [7, 11) is 0. The summed E-state index contributed by atoms with van der Waals surface area (Å²) in [5.74, 6) is -0.833. The quantitative estimate of drug-likeness (QED) is 0.370. The lowest BCUT2D eigenvalue weighted by atomic mass is 10.1. The van der Waals surface area contributed by atoms with Crippen LogP contribution in [0, 0.1) is 0 Å². The van der Waals surface area contributed by atoms with Gasteiger partial charge < -0.3 is 9.84 Å². The normalized spacial score (nSPS) is 11.1. The van der Waals surface area contributed by atoms with Gasteiger partial charge in [0.2, 0.25) is 0 Å². The lowest BCUT2D eigenvalue weighted by molar-refractivity contribution is -0.132. The molecule has 0 radical (unpaired) electrons. The molecule has 0 heterocycles. The van der Waals surface area contributed by atoms with Crippen molar-refractivity contribution in [2.24, 2.45) is 0 Å². The Hall–Kier alpha value is -1.25. The molecule has 1 N–H and O–H groups in total. The molecule has 0 bridgehead atoms. The zero-order valence-electron chi connectivity index (χ0n) is 8.66. The molecule has 0 unspecified atom stereocenters. The molecule has 0 aliphatic rings. The predicted molar refractivity (Wildman–Crippen MR) is 56.0 cm³/mol. The fourth-order valence-electron chi connectivity index (χ4n) is 0.996. The fourth-order valence-corrected chi connectivity index (χ4v) is 0.996. The number of carboxylic acids is 1. The van der Waals surface area contributed by atoms with E-state index in [4.69, 9.17) is 9.84 Å². The van der Waals surface area contributed by atoms with E-state index in [0.29, 0.717) is 12.2 Å². The number of carboxylic acid groups (broad SMARTS) is 1. The molecule has 80 valence electrons. The van der Waals surface area contributed by atoms with Gasteiger partial charge in [-0.3, -0.25) is 0 Å². The van der Waals surface area contributed by atoms with Crippen LogP contribution in [-0.2, 0) is 9.53 Å². The maximum absolute atomic E-state index is 10.4. The first-order valence-electron chi connectivity index (χ1n) is 4.81. The summed E-state index contributed by atoms with van der Waals surface area (Å²) in [6.07, 6.45) is 7.08. The summed E-state index contributed by atoms with van der Waals surface area (Å²) in [6.45, 7) is 5.75. The van der Waals surface area contributed by atoms with E-state index < -0.39 is 5.97 Å². The van der Waals surface area contributed by atoms with Crippen LogP contribution in [0.5, 0.6) is 0 Å². The highest BCUT2D eigenvalue weighted by Gasteiger charge is 1.97. The zero-order chi connectivity index (χ0) is 10.8. The van der Waals surface area contributed by atoms with Gasteiger partial charge in [-0.05, 0) is 32.6 Å². The number of hydrogen-bond donors (Lipinski definition) is 1. The van der Waals surface area contributed by atoms with Crippen molar-refractivity contribution in [2.45, 2.75) is 32.6 Å². The molecule has 0 aromatic heterocycles.